The van der Waals surface area contributed by atoms with Crippen LogP contribution in [0.3, 0.4) is 0 Å². The SMILES string of the molecule is Cc1cc(C)c(B(c2ccc(-c3ccc(C=C4SCCCS4)s3)s2)c2c(C)cc(C)cc2C)c(C)c1. The predicted molar refractivity (Wildman–Crippen MR) is 171 cm³/mol. The predicted octanol–water partition coefficient (Wildman–Crippen LogP) is 8.01. The second-order valence-corrected chi connectivity index (χ2v) is 14.7. The molecule has 0 nitrogen and oxygen atoms in total. The smallest absolute Gasteiger partial charge is 0.148 e. The minimum absolute atomic E-state index is 0.251. The van der Waals surface area contributed by atoms with E-state index in [1.165, 1.54) is 85.9 Å². The third kappa shape index (κ3) is 5.45. The number of thiophene rings is 2. The van der Waals surface area contributed by atoms with Crippen molar-refractivity contribution in [3.05, 3.63) is 91.0 Å². The fourth-order valence-corrected chi connectivity index (χ4v) is 10.3. The maximum atomic E-state index is 2.39. The van der Waals surface area contributed by atoms with E-state index in [0.29, 0.717) is 0 Å². The summed E-state index contributed by atoms with van der Waals surface area (Å²) in [6.07, 6.45) is 3.71. The molecule has 0 aliphatic carbocycles. The second-order valence-electron chi connectivity index (χ2n) is 9.98. The summed E-state index contributed by atoms with van der Waals surface area (Å²) in [5, 5.41) is 0. The molecule has 2 aromatic carbocycles. The van der Waals surface area contributed by atoms with Crippen molar-refractivity contribution in [3.8, 4) is 9.75 Å². The molecule has 0 spiro atoms. The van der Waals surface area contributed by atoms with E-state index in [2.05, 4.69) is 96.1 Å². The molecule has 0 unspecified atom stereocenters. The quantitative estimate of drug-likeness (QED) is 0.234. The molecule has 5 rings (SSSR count). The molecule has 0 bridgehead atoms. The second kappa shape index (κ2) is 11.0. The lowest BCUT2D eigenvalue weighted by Crippen LogP contribution is -2.54. The Morgan fingerprint density at radius 2 is 1.14 bits per heavy atom. The van der Waals surface area contributed by atoms with Gasteiger partial charge in [-0.1, -0.05) is 74.6 Å². The van der Waals surface area contributed by atoms with Gasteiger partial charge in [0.25, 0.3) is 6.71 Å². The summed E-state index contributed by atoms with van der Waals surface area (Å²) in [6.45, 7) is 13.8. The van der Waals surface area contributed by atoms with Gasteiger partial charge in [-0.15, -0.1) is 46.2 Å². The molecular weight excluding hydrogens is 511 g/mol. The van der Waals surface area contributed by atoms with Crippen LogP contribution in [-0.2, 0) is 0 Å². The first-order valence-electron chi connectivity index (χ1n) is 12.6. The highest BCUT2D eigenvalue weighted by Crippen LogP contribution is 2.38. The molecule has 1 saturated heterocycles. The lowest BCUT2D eigenvalue weighted by molar-refractivity contribution is 1.12. The van der Waals surface area contributed by atoms with E-state index in [4.69, 9.17) is 0 Å². The van der Waals surface area contributed by atoms with Crippen LogP contribution in [0.15, 0.2) is 52.8 Å². The van der Waals surface area contributed by atoms with E-state index in [1.807, 2.05) is 46.2 Å². The van der Waals surface area contributed by atoms with Crippen molar-refractivity contribution in [1.82, 2.24) is 0 Å². The monoisotopic (exact) mass is 544 g/mol. The first-order chi connectivity index (χ1) is 17.3. The van der Waals surface area contributed by atoms with Crippen molar-refractivity contribution < 1.29 is 0 Å². The van der Waals surface area contributed by atoms with E-state index in [9.17, 15) is 0 Å². The Morgan fingerprint density at radius 3 is 1.69 bits per heavy atom. The van der Waals surface area contributed by atoms with Crippen LogP contribution in [0.1, 0.15) is 44.7 Å². The van der Waals surface area contributed by atoms with Crippen LogP contribution in [0, 0.1) is 41.5 Å². The third-order valence-electron chi connectivity index (χ3n) is 6.87. The Balaban J connectivity index is 1.58. The van der Waals surface area contributed by atoms with E-state index < -0.39 is 0 Å². The van der Waals surface area contributed by atoms with Gasteiger partial charge in [-0.25, -0.2) is 0 Å². The molecule has 1 aliphatic heterocycles. The summed E-state index contributed by atoms with van der Waals surface area (Å²) < 4.78 is 2.90. The highest BCUT2D eigenvalue weighted by molar-refractivity contribution is 8.23. The van der Waals surface area contributed by atoms with Crippen molar-refractivity contribution in [2.24, 2.45) is 0 Å². The number of benzene rings is 2. The average molecular weight is 545 g/mol. The molecule has 0 saturated carbocycles. The Kier molecular flexibility index (Phi) is 7.93. The van der Waals surface area contributed by atoms with Gasteiger partial charge < -0.3 is 0 Å². The molecule has 0 N–H and O–H groups in total. The van der Waals surface area contributed by atoms with Gasteiger partial charge in [0, 0.05) is 18.9 Å². The topological polar surface area (TPSA) is 0 Å². The Bertz CT molecular complexity index is 1330. The van der Waals surface area contributed by atoms with Gasteiger partial charge in [-0.2, -0.15) is 0 Å². The van der Waals surface area contributed by atoms with Crippen LogP contribution in [0.25, 0.3) is 15.8 Å². The summed E-state index contributed by atoms with van der Waals surface area (Å²) in [5.41, 5.74) is 11.2. The molecule has 5 heteroatoms. The lowest BCUT2D eigenvalue weighted by Gasteiger charge is -2.23. The van der Waals surface area contributed by atoms with Gasteiger partial charge in [0.2, 0.25) is 0 Å². The highest BCUT2D eigenvalue weighted by Gasteiger charge is 2.30. The zero-order valence-electron chi connectivity index (χ0n) is 22.0. The van der Waals surface area contributed by atoms with Crippen molar-refractivity contribution >= 4 is 74.7 Å². The molecule has 1 aliphatic rings. The molecule has 4 aromatic rings. The van der Waals surface area contributed by atoms with Gasteiger partial charge in [-0.05, 0) is 88.5 Å². The summed E-state index contributed by atoms with van der Waals surface area (Å²) in [7, 11) is 0. The summed E-state index contributed by atoms with van der Waals surface area (Å²) >= 11 is 7.90. The van der Waals surface area contributed by atoms with Crippen molar-refractivity contribution in [1.29, 1.82) is 0 Å². The van der Waals surface area contributed by atoms with Gasteiger partial charge in [0.1, 0.15) is 0 Å². The zero-order valence-corrected chi connectivity index (χ0v) is 25.3. The molecule has 0 atom stereocenters. The van der Waals surface area contributed by atoms with Crippen LogP contribution >= 0.6 is 46.2 Å². The average Bonchev–Trinajstić information content (AvgIpc) is 3.47. The fraction of sp³-hybridized carbons (Fsp3) is 0.290. The van der Waals surface area contributed by atoms with Crippen LogP contribution in [0.2, 0.25) is 0 Å². The van der Waals surface area contributed by atoms with Crippen LogP contribution in [-0.4, -0.2) is 18.2 Å². The van der Waals surface area contributed by atoms with Gasteiger partial charge in [0.05, 0.1) is 0 Å². The first kappa shape index (κ1) is 26.0. The van der Waals surface area contributed by atoms with E-state index in [1.54, 1.807) is 0 Å². The molecule has 3 heterocycles. The summed E-state index contributed by atoms with van der Waals surface area (Å²) in [4.78, 5) is 4.11. The van der Waals surface area contributed by atoms with Gasteiger partial charge >= 0.3 is 0 Å². The lowest BCUT2D eigenvalue weighted by atomic mass is 9.37. The first-order valence-corrected chi connectivity index (χ1v) is 16.2. The molecule has 0 radical (unpaired) electrons. The number of thioether (sulfide) groups is 2. The number of hydrogen-bond acceptors (Lipinski definition) is 4. The van der Waals surface area contributed by atoms with Crippen molar-refractivity contribution in [3.63, 3.8) is 0 Å². The van der Waals surface area contributed by atoms with E-state index >= 15 is 0 Å². The van der Waals surface area contributed by atoms with Crippen LogP contribution < -0.4 is 15.7 Å². The fourth-order valence-electron chi connectivity index (χ4n) is 5.57. The maximum Gasteiger partial charge on any atom is 0.255 e. The van der Waals surface area contributed by atoms with E-state index in [-0.39, 0.29) is 6.71 Å². The molecule has 0 amide bonds. The van der Waals surface area contributed by atoms with Crippen LogP contribution in [0.4, 0.5) is 0 Å². The van der Waals surface area contributed by atoms with Gasteiger partial charge in [-0.3, -0.25) is 0 Å². The largest absolute Gasteiger partial charge is 0.255 e. The van der Waals surface area contributed by atoms with Crippen molar-refractivity contribution in [2.45, 2.75) is 48.0 Å². The van der Waals surface area contributed by atoms with Crippen molar-refractivity contribution in [2.75, 3.05) is 11.5 Å². The number of hydrogen-bond donors (Lipinski definition) is 0. The third-order valence-corrected chi connectivity index (χ3v) is 11.7. The normalized spacial score (nSPS) is 13.8. The number of aryl methyl sites for hydroxylation is 6. The Labute approximate surface area is 233 Å². The Morgan fingerprint density at radius 1 is 0.639 bits per heavy atom. The van der Waals surface area contributed by atoms with Gasteiger partial charge in [0.15, 0.2) is 0 Å². The Hall–Kier alpha value is -1.66. The number of rotatable bonds is 5. The molecule has 2 aromatic heterocycles. The minimum atomic E-state index is 0.251. The zero-order chi connectivity index (χ0) is 25.4. The minimum Gasteiger partial charge on any atom is -0.148 e. The molecule has 36 heavy (non-hydrogen) atoms. The standard InChI is InChI=1S/C31H33BS4/c1-19-14-21(3)30(22(4)15-19)32(31-23(5)16-20(2)17-24(31)6)28-11-10-27(36-28)26-9-8-25(35-26)18-29-33-12-7-13-34-29/h8-11,14-18H,7,12-13H2,1-6H3. The van der Waals surface area contributed by atoms with E-state index in [0.717, 1.165) is 0 Å². The summed E-state index contributed by atoms with van der Waals surface area (Å²) in [6, 6.07) is 18.7. The molecule has 1 fully saturated rings. The molecule has 184 valence electrons. The molecular formula is C31H33BS4. The van der Waals surface area contributed by atoms with Crippen LogP contribution in [0.5, 0.6) is 0 Å². The summed E-state index contributed by atoms with van der Waals surface area (Å²) in [5.74, 6) is 2.50. The highest BCUT2D eigenvalue weighted by atomic mass is 32.2. The maximum absolute atomic E-state index is 2.39.